The second-order valence-corrected chi connectivity index (χ2v) is 9.33. The van der Waals surface area contributed by atoms with Gasteiger partial charge in [0.05, 0.1) is 7.11 Å². The zero-order chi connectivity index (χ0) is 23.1. The van der Waals surface area contributed by atoms with Crippen LogP contribution in [0.5, 0.6) is 11.5 Å². The highest BCUT2D eigenvalue weighted by atomic mass is 28.4. The van der Waals surface area contributed by atoms with E-state index in [0.29, 0.717) is 43.3 Å². The monoisotopic (exact) mass is 454 g/mol. The average molecular weight is 455 g/mol. The van der Waals surface area contributed by atoms with Crippen LogP contribution in [-0.2, 0) is 22.9 Å². The van der Waals surface area contributed by atoms with Crippen LogP contribution in [0.3, 0.4) is 0 Å². The van der Waals surface area contributed by atoms with E-state index in [0.717, 1.165) is 25.0 Å². The predicted molar refractivity (Wildman–Crippen MR) is 119 cm³/mol. The van der Waals surface area contributed by atoms with E-state index in [-0.39, 0.29) is 12.4 Å². The van der Waals surface area contributed by atoms with Crippen molar-refractivity contribution in [1.82, 2.24) is 0 Å². The van der Waals surface area contributed by atoms with Crippen molar-refractivity contribution in [2.24, 2.45) is 0 Å². The number of rotatable bonds is 16. The number of aliphatic carboxylic acids is 1. The second-order valence-electron chi connectivity index (χ2n) is 6.60. The third-order valence-electron chi connectivity index (χ3n) is 4.29. The summed E-state index contributed by atoms with van der Waals surface area (Å²) < 4.78 is 28.2. The first-order valence-corrected chi connectivity index (χ1v) is 12.5. The van der Waals surface area contributed by atoms with E-state index in [1.54, 1.807) is 18.2 Å². The Labute approximate surface area is 185 Å². The van der Waals surface area contributed by atoms with Crippen molar-refractivity contribution in [1.29, 1.82) is 0 Å². The number of unbranched alkanes of at least 4 members (excludes halogenated alkanes) is 2. The summed E-state index contributed by atoms with van der Waals surface area (Å²) in [6.07, 6.45) is 5.08. The summed E-state index contributed by atoms with van der Waals surface area (Å²) in [5, 5.41) is 8.71. The standard InChI is InChI=1S/C22H34O8Si/c1-5-27-31(28-6-2,29-7-3)16-10-8-9-11-22(25)30-19-14-12-18(13-15-21(23)24)17-20(19)26-4/h12-15,17H,5-11,16H2,1-4H3,(H,23,24). The molecule has 0 bridgehead atoms. The number of carboxylic acids is 1. The van der Waals surface area contributed by atoms with E-state index in [1.165, 1.54) is 13.2 Å². The van der Waals surface area contributed by atoms with Crippen LogP contribution >= 0.6 is 0 Å². The van der Waals surface area contributed by atoms with E-state index in [2.05, 4.69) is 0 Å². The Kier molecular flexibility index (Phi) is 12.8. The Morgan fingerprint density at radius 1 is 0.968 bits per heavy atom. The molecule has 0 aliphatic rings. The van der Waals surface area contributed by atoms with E-state index < -0.39 is 14.8 Å². The normalized spacial score (nSPS) is 11.6. The quantitative estimate of drug-likeness (QED) is 0.130. The van der Waals surface area contributed by atoms with Gasteiger partial charge in [-0.1, -0.05) is 12.5 Å². The van der Waals surface area contributed by atoms with Crippen LogP contribution in [0.15, 0.2) is 24.3 Å². The first-order valence-electron chi connectivity index (χ1n) is 10.6. The van der Waals surface area contributed by atoms with Gasteiger partial charge in [-0.2, -0.15) is 0 Å². The molecule has 0 heterocycles. The Balaban J connectivity index is 2.52. The van der Waals surface area contributed by atoms with Crippen molar-refractivity contribution < 1.29 is 37.4 Å². The fraction of sp³-hybridized carbons (Fsp3) is 0.545. The van der Waals surface area contributed by atoms with Gasteiger partial charge in [-0.05, 0) is 57.4 Å². The fourth-order valence-corrected chi connectivity index (χ4v) is 5.69. The van der Waals surface area contributed by atoms with Gasteiger partial charge in [0.1, 0.15) is 0 Å². The molecule has 0 unspecified atom stereocenters. The summed E-state index contributed by atoms with van der Waals surface area (Å²) in [4.78, 5) is 22.8. The smallest absolute Gasteiger partial charge is 0.493 e. The summed E-state index contributed by atoms with van der Waals surface area (Å²) in [5.74, 6) is -0.731. The summed E-state index contributed by atoms with van der Waals surface area (Å²) in [6, 6.07) is 5.58. The number of esters is 1. The minimum Gasteiger partial charge on any atom is -0.493 e. The number of hydrogen-bond acceptors (Lipinski definition) is 7. The highest BCUT2D eigenvalue weighted by molar-refractivity contribution is 6.60. The molecule has 31 heavy (non-hydrogen) atoms. The molecular weight excluding hydrogens is 420 g/mol. The van der Waals surface area contributed by atoms with Crippen LogP contribution in [0.25, 0.3) is 6.08 Å². The molecule has 1 rings (SSSR count). The van der Waals surface area contributed by atoms with Crippen LogP contribution < -0.4 is 9.47 Å². The third kappa shape index (κ3) is 10.1. The van der Waals surface area contributed by atoms with Gasteiger partial charge < -0.3 is 27.9 Å². The van der Waals surface area contributed by atoms with Crippen molar-refractivity contribution >= 4 is 26.8 Å². The van der Waals surface area contributed by atoms with Crippen LogP contribution in [0.1, 0.15) is 52.0 Å². The first-order chi connectivity index (χ1) is 14.9. The van der Waals surface area contributed by atoms with Gasteiger partial charge in [0.2, 0.25) is 0 Å². The lowest BCUT2D eigenvalue weighted by molar-refractivity contribution is -0.134. The highest BCUT2D eigenvalue weighted by Gasteiger charge is 2.39. The Hall–Kier alpha value is -2.20. The van der Waals surface area contributed by atoms with Gasteiger partial charge >= 0.3 is 20.7 Å². The lowest BCUT2D eigenvalue weighted by Gasteiger charge is -2.28. The molecule has 0 aliphatic heterocycles. The molecule has 0 aliphatic carbocycles. The zero-order valence-electron chi connectivity index (χ0n) is 18.8. The predicted octanol–water partition coefficient (Wildman–Crippen LogP) is 4.31. The maximum absolute atomic E-state index is 12.2. The molecule has 0 saturated carbocycles. The molecule has 0 radical (unpaired) electrons. The lowest BCUT2D eigenvalue weighted by Crippen LogP contribution is -2.45. The SMILES string of the molecule is CCO[Si](CCCCCC(=O)Oc1ccc(C=CC(=O)O)cc1OC)(OCC)OCC. The molecule has 1 N–H and O–H groups in total. The average Bonchev–Trinajstić information content (AvgIpc) is 2.73. The number of carbonyl (C=O) groups excluding carboxylic acids is 1. The van der Waals surface area contributed by atoms with E-state index >= 15 is 0 Å². The van der Waals surface area contributed by atoms with Gasteiger partial charge in [0.15, 0.2) is 11.5 Å². The van der Waals surface area contributed by atoms with Crippen LogP contribution in [0.2, 0.25) is 6.04 Å². The maximum Gasteiger partial charge on any atom is 0.500 e. The first kappa shape index (κ1) is 26.8. The molecule has 0 amide bonds. The number of hydrogen-bond donors (Lipinski definition) is 1. The van der Waals surface area contributed by atoms with Gasteiger partial charge in [-0.15, -0.1) is 0 Å². The molecule has 1 aromatic carbocycles. The number of ether oxygens (including phenoxy) is 2. The Morgan fingerprint density at radius 3 is 2.16 bits per heavy atom. The van der Waals surface area contributed by atoms with Gasteiger partial charge in [-0.25, -0.2) is 4.79 Å². The molecular formula is C22H34O8Si. The zero-order valence-corrected chi connectivity index (χ0v) is 19.8. The van der Waals surface area contributed by atoms with Crippen LogP contribution in [0, 0.1) is 0 Å². The number of carbonyl (C=O) groups is 2. The van der Waals surface area contributed by atoms with Gasteiger partial charge in [0.25, 0.3) is 0 Å². The molecule has 0 atom stereocenters. The van der Waals surface area contributed by atoms with Crippen molar-refractivity contribution in [2.75, 3.05) is 26.9 Å². The van der Waals surface area contributed by atoms with E-state index in [1.807, 2.05) is 20.8 Å². The van der Waals surface area contributed by atoms with Crippen molar-refractivity contribution in [3.63, 3.8) is 0 Å². The number of benzene rings is 1. The molecule has 1 aromatic rings. The third-order valence-corrected chi connectivity index (χ3v) is 7.44. The number of carboxylic acid groups (broad SMARTS) is 1. The topological polar surface area (TPSA) is 101 Å². The van der Waals surface area contributed by atoms with Crippen LogP contribution in [0.4, 0.5) is 0 Å². The molecule has 0 saturated heterocycles. The summed E-state index contributed by atoms with van der Waals surface area (Å²) in [5.41, 5.74) is 0.629. The Bertz CT molecular complexity index is 702. The van der Waals surface area contributed by atoms with Crippen LogP contribution in [-0.4, -0.2) is 52.8 Å². The maximum atomic E-state index is 12.2. The minimum absolute atomic E-state index is 0.274. The van der Waals surface area contributed by atoms with Gasteiger partial charge in [0, 0.05) is 38.4 Å². The van der Waals surface area contributed by atoms with E-state index in [4.69, 9.17) is 27.9 Å². The van der Waals surface area contributed by atoms with Crippen molar-refractivity contribution in [3.8, 4) is 11.5 Å². The Morgan fingerprint density at radius 2 is 1.61 bits per heavy atom. The van der Waals surface area contributed by atoms with E-state index in [9.17, 15) is 9.59 Å². The number of methoxy groups -OCH3 is 1. The summed E-state index contributed by atoms with van der Waals surface area (Å²) >= 11 is 0. The molecule has 174 valence electrons. The molecule has 0 aromatic heterocycles. The van der Waals surface area contributed by atoms with Gasteiger partial charge in [-0.3, -0.25) is 4.79 Å². The summed E-state index contributed by atoms with van der Waals surface area (Å²) in [7, 11) is -1.18. The molecule has 8 nitrogen and oxygen atoms in total. The largest absolute Gasteiger partial charge is 0.500 e. The molecule has 0 fully saturated rings. The fourth-order valence-electron chi connectivity index (χ4n) is 3.00. The minimum atomic E-state index is -2.64. The lowest BCUT2D eigenvalue weighted by atomic mass is 10.2. The molecule has 0 spiro atoms. The second kappa shape index (κ2) is 14.7. The van der Waals surface area contributed by atoms with Crippen molar-refractivity contribution in [2.45, 2.75) is 52.5 Å². The molecule has 9 heteroatoms. The highest BCUT2D eigenvalue weighted by Crippen LogP contribution is 2.29. The van der Waals surface area contributed by atoms with Crippen molar-refractivity contribution in [3.05, 3.63) is 29.8 Å². The summed E-state index contributed by atoms with van der Waals surface area (Å²) in [6.45, 7) is 7.43.